The molecule has 6 nitrogen and oxygen atoms in total. The van der Waals surface area contributed by atoms with Gasteiger partial charge in [-0.15, -0.1) is 0 Å². The Morgan fingerprint density at radius 3 is 2.65 bits per heavy atom. The number of thioether (sulfide) groups is 1. The summed E-state index contributed by atoms with van der Waals surface area (Å²) in [5, 5.41) is 10.4. The number of H-pyrrole nitrogens is 1. The highest BCUT2D eigenvalue weighted by Crippen LogP contribution is 2.18. The third-order valence-corrected chi connectivity index (χ3v) is 4.31. The molecule has 7 heteroatoms. The molecule has 0 aliphatic heterocycles. The van der Waals surface area contributed by atoms with Crippen molar-refractivity contribution in [1.29, 1.82) is 0 Å². The molecule has 0 spiro atoms. The molecule has 0 saturated carbocycles. The standard InChI is InChI=1S/C16H23N5OS/c1-11(2)7-14(8-17)20-15(22)13-5-3-12(4-6-13)9-23-16-18-10-19-21-16/h3-6,10-11,14H,7-9,17H2,1-2H3,(H,20,22)(H,18,19,21). The molecule has 1 atom stereocenters. The lowest BCUT2D eigenvalue weighted by Gasteiger charge is -2.18. The molecule has 0 aliphatic carbocycles. The van der Waals surface area contributed by atoms with Crippen molar-refractivity contribution in [1.82, 2.24) is 20.5 Å². The number of nitrogens with zero attached hydrogens (tertiary/aromatic N) is 2. The highest BCUT2D eigenvalue weighted by molar-refractivity contribution is 7.98. The first-order chi connectivity index (χ1) is 11.1. The average Bonchev–Trinajstić information content (AvgIpc) is 3.05. The lowest BCUT2D eigenvalue weighted by atomic mass is 10.0. The summed E-state index contributed by atoms with van der Waals surface area (Å²) in [5.41, 5.74) is 7.50. The van der Waals surface area contributed by atoms with Gasteiger partial charge in [0.15, 0.2) is 5.16 Å². The molecule has 0 saturated heterocycles. The van der Waals surface area contributed by atoms with Gasteiger partial charge in [-0.2, -0.15) is 5.10 Å². The van der Waals surface area contributed by atoms with E-state index in [0.717, 1.165) is 22.9 Å². The van der Waals surface area contributed by atoms with E-state index in [1.54, 1.807) is 11.8 Å². The van der Waals surface area contributed by atoms with Gasteiger partial charge in [0, 0.05) is 23.9 Å². The van der Waals surface area contributed by atoms with Gasteiger partial charge in [-0.3, -0.25) is 9.89 Å². The Bertz CT molecular complexity index is 597. The van der Waals surface area contributed by atoms with Gasteiger partial charge in [0.25, 0.3) is 5.91 Å². The van der Waals surface area contributed by atoms with Crippen LogP contribution in [0.5, 0.6) is 0 Å². The summed E-state index contributed by atoms with van der Waals surface area (Å²) in [4.78, 5) is 16.3. The Labute approximate surface area is 140 Å². The molecule has 1 aromatic carbocycles. The van der Waals surface area contributed by atoms with Crippen LogP contribution in [0.4, 0.5) is 0 Å². The lowest BCUT2D eigenvalue weighted by Crippen LogP contribution is -2.41. The number of amides is 1. The fraction of sp³-hybridized carbons (Fsp3) is 0.438. The van der Waals surface area contributed by atoms with Crippen LogP contribution in [0.1, 0.15) is 36.2 Å². The SMILES string of the molecule is CC(C)CC(CN)NC(=O)c1ccc(CSc2ncn[nH]2)cc1. The van der Waals surface area contributed by atoms with Crippen LogP contribution in [0.15, 0.2) is 35.7 Å². The molecule has 124 valence electrons. The van der Waals surface area contributed by atoms with Gasteiger partial charge in [0.1, 0.15) is 6.33 Å². The molecule has 2 aromatic rings. The van der Waals surface area contributed by atoms with E-state index in [-0.39, 0.29) is 11.9 Å². The van der Waals surface area contributed by atoms with Crippen LogP contribution in [0.3, 0.4) is 0 Å². The summed E-state index contributed by atoms with van der Waals surface area (Å²) in [6.45, 7) is 4.70. The highest BCUT2D eigenvalue weighted by Gasteiger charge is 2.13. The van der Waals surface area contributed by atoms with E-state index in [0.29, 0.717) is 18.0 Å². The Hall–Kier alpha value is -1.86. The van der Waals surface area contributed by atoms with Gasteiger partial charge in [0.2, 0.25) is 0 Å². The van der Waals surface area contributed by atoms with Crippen LogP contribution >= 0.6 is 11.8 Å². The number of nitrogens with two attached hydrogens (primary N) is 1. The Kier molecular flexibility index (Phi) is 6.61. The van der Waals surface area contributed by atoms with Crippen LogP contribution in [-0.4, -0.2) is 33.7 Å². The summed E-state index contributed by atoms with van der Waals surface area (Å²) < 4.78 is 0. The summed E-state index contributed by atoms with van der Waals surface area (Å²) in [5.74, 6) is 1.20. The van der Waals surface area contributed by atoms with Gasteiger partial charge in [-0.05, 0) is 30.0 Å². The third-order valence-electron chi connectivity index (χ3n) is 3.36. The maximum absolute atomic E-state index is 12.3. The molecule has 1 heterocycles. The number of nitrogens with one attached hydrogen (secondary N) is 2. The normalized spacial score (nSPS) is 12.3. The van der Waals surface area contributed by atoms with Crippen molar-refractivity contribution >= 4 is 17.7 Å². The van der Waals surface area contributed by atoms with Crippen molar-refractivity contribution in [2.45, 2.75) is 37.2 Å². The van der Waals surface area contributed by atoms with Crippen LogP contribution in [0.25, 0.3) is 0 Å². The number of carbonyl (C=O) groups excluding carboxylic acids is 1. The molecule has 1 amide bonds. The van der Waals surface area contributed by atoms with Crippen LogP contribution < -0.4 is 11.1 Å². The maximum atomic E-state index is 12.3. The van der Waals surface area contributed by atoms with Crippen LogP contribution in [0.2, 0.25) is 0 Å². The minimum Gasteiger partial charge on any atom is -0.348 e. The monoisotopic (exact) mass is 333 g/mol. The number of carbonyl (C=O) groups is 1. The number of aromatic amines is 1. The smallest absolute Gasteiger partial charge is 0.251 e. The number of rotatable bonds is 8. The summed E-state index contributed by atoms with van der Waals surface area (Å²) in [6, 6.07) is 7.61. The first-order valence-corrected chi connectivity index (χ1v) is 8.65. The van der Waals surface area contributed by atoms with E-state index >= 15 is 0 Å². The Morgan fingerprint density at radius 2 is 2.09 bits per heavy atom. The zero-order chi connectivity index (χ0) is 16.7. The largest absolute Gasteiger partial charge is 0.348 e. The van der Waals surface area contributed by atoms with Gasteiger partial charge in [-0.25, -0.2) is 4.98 Å². The zero-order valence-electron chi connectivity index (χ0n) is 13.5. The van der Waals surface area contributed by atoms with Gasteiger partial charge >= 0.3 is 0 Å². The summed E-state index contributed by atoms with van der Waals surface area (Å²) >= 11 is 1.57. The molecule has 0 bridgehead atoms. The molecule has 0 aliphatic rings. The molecule has 0 fully saturated rings. The van der Waals surface area contributed by atoms with E-state index in [9.17, 15) is 4.79 Å². The van der Waals surface area contributed by atoms with E-state index in [1.807, 2.05) is 24.3 Å². The molecule has 1 unspecified atom stereocenters. The highest BCUT2D eigenvalue weighted by atomic mass is 32.2. The van der Waals surface area contributed by atoms with Crippen molar-refractivity contribution in [3.63, 3.8) is 0 Å². The second kappa shape index (κ2) is 8.69. The second-order valence-corrected chi connectivity index (χ2v) is 6.78. The third kappa shape index (κ3) is 5.69. The zero-order valence-corrected chi connectivity index (χ0v) is 14.3. The lowest BCUT2D eigenvalue weighted by molar-refractivity contribution is 0.0934. The predicted molar refractivity (Wildman–Crippen MR) is 92.1 cm³/mol. The van der Waals surface area contributed by atoms with Crippen LogP contribution in [-0.2, 0) is 5.75 Å². The van der Waals surface area contributed by atoms with E-state index < -0.39 is 0 Å². The summed E-state index contributed by atoms with van der Waals surface area (Å²) in [6.07, 6.45) is 2.37. The van der Waals surface area contributed by atoms with Gasteiger partial charge in [0.05, 0.1) is 0 Å². The first-order valence-electron chi connectivity index (χ1n) is 7.66. The van der Waals surface area contributed by atoms with Gasteiger partial charge in [-0.1, -0.05) is 37.7 Å². The van der Waals surface area contributed by atoms with Crippen LogP contribution in [0, 0.1) is 5.92 Å². The molecule has 23 heavy (non-hydrogen) atoms. The second-order valence-electron chi connectivity index (χ2n) is 5.81. The number of benzene rings is 1. The number of hydrogen-bond acceptors (Lipinski definition) is 5. The molecule has 2 rings (SSSR count). The van der Waals surface area contributed by atoms with Gasteiger partial charge < -0.3 is 11.1 Å². The number of hydrogen-bond donors (Lipinski definition) is 3. The molecule has 0 radical (unpaired) electrons. The molecular formula is C16H23N5OS. The minimum atomic E-state index is -0.0736. The van der Waals surface area contributed by atoms with E-state index in [2.05, 4.69) is 34.3 Å². The topological polar surface area (TPSA) is 96.7 Å². The van der Waals surface area contributed by atoms with Crippen molar-refractivity contribution in [2.24, 2.45) is 11.7 Å². The fourth-order valence-electron chi connectivity index (χ4n) is 2.22. The molecule has 4 N–H and O–H groups in total. The van der Waals surface area contributed by atoms with Crippen molar-refractivity contribution in [2.75, 3.05) is 6.54 Å². The minimum absolute atomic E-state index is 0.0178. The van der Waals surface area contributed by atoms with Crippen molar-refractivity contribution < 1.29 is 4.79 Å². The quantitative estimate of drug-likeness (QED) is 0.644. The first kappa shape index (κ1) is 17.5. The van der Waals surface area contributed by atoms with Crippen molar-refractivity contribution in [3.8, 4) is 0 Å². The Balaban J connectivity index is 1.89. The van der Waals surface area contributed by atoms with Crippen molar-refractivity contribution in [3.05, 3.63) is 41.7 Å². The average molecular weight is 333 g/mol. The molecular weight excluding hydrogens is 310 g/mol. The Morgan fingerprint density at radius 1 is 1.35 bits per heavy atom. The number of aromatic nitrogens is 3. The maximum Gasteiger partial charge on any atom is 0.251 e. The fourth-order valence-corrected chi connectivity index (χ4v) is 2.95. The predicted octanol–water partition coefficient (Wildman–Crippen LogP) is 2.20. The summed E-state index contributed by atoms with van der Waals surface area (Å²) in [7, 11) is 0. The van der Waals surface area contributed by atoms with E-state index in [1.165, 1.54) is 6.33 Å². The van der Waals surface area contributed by atoms with E-state index in [4.69, 9.17) is 5.73 Å². The molecule has 1 aromatic heterocycles.